The van der Waals surface area contributed by atoms with Crippen molar-refractivity contribution >= 4 is 5.91 Å². The van der Waals surface area contributed by atoms with Crippen LogP contribution in [0.1, 0.15) is 24.1 Å². The summed E-state index contributed by atoms with van der Waals surface area (Å²) in [5, 5.41) is 3.17. The molecule has 0 atom stereocenters. The standard InChI is InChI=1S/C22H30N4O3/c1-28-20-4-2-3-17(11-20)12-22(14-26(15-22)19-6-9-29-10-7-19)21(27)24-8-5-18-13-23-16-25-18/h2-4,11,13,16,19H,5-10,12,14-15H2,1H3,(H,23,25)(H,24,27). The Balaban J connectivity index is 1.42. The van der Waals surface area contributed by atoms with Crippen molar-refractivity contribution < 1.29 is 14.3 Å². The number of nitrogens with one attached hydrogen (secondary N) is 2. The fourth-order valence-corrected chi connectivity index (χ4v) is 4.47. The van der Waals surface area contributed by atoms with Gasteiger partial charge in [0.05, 0.1) is 18.9 Å². The molecule has 0 bridgehead atoms. The summed E-state index contributed by atoms with van der Waals surface area (Å²) in [6.45, 7) is 3.84. The van der Waals surface area contributed by atoms with Crippen LogP contribution in [0.15, 0.2) is 36.8 Å². The number of aromatic nitrogens is 2. The predicted octanol–water partition coefficient (Wildman–Crippen LogP) is 1.80. The molecule has 2 aromatic rings. The van der Waals surface area contributed by atoms with Crippen molar-refractivity contribution in [3.63, 3.8) is 0 Å². The van der Waals surface area contributed by atoms with Gasteiger partial charge in [-0.05, 0) is 37.0 Å². The van der Waals surface area contributed by atoms with E-state index in [-0.39, 0.29) is 5.91 Å². The Morgan fingerprint density at radius 1 is 1.38 bits per heavy atom. The maximum absolute atomic E-state index is 13.2. The van der Waals surface area contributed by atoms with Crippen LogP contribution in [0.5, 0.6) is 5.75 Å². The van der Waals surface area contributed by atoms with Crippen molar-refractivity contribution in [2.75, 3.05) is 40.0 Å². The third-order valence-electron chi connectivity index (χ3n) is 6.11. The second-order valence-electron chi connectivity index (χ2n) is 8.14. The number of imidazole rings is 1. The van der Waals surface area contributed by atoms with Crippen molar-refractivity contribution in [1.82, 2.24) is 20.2 Å². The molecule has 2 fully saturated rings. The summed E-state index contributed by atoms with van der Waals surface area (Å²) < 4.78 is 10.9. The quantitative estimate of drug-likeness (QED) is 0.709. The van der Waals surface area contributed by atoms with Crippen molar-refractivity contribution in [1.29, 1.82) is 0 Å². The molecule has 1 amide bonds. The van der Waals surface area contributed by atoms with Gasteiger partial charge in [0, 0.05) is 57.2 Å². The third-order valence-corrected chi connectivity index (χ3v) is 6.11. The summed E-state index contributed by atoms with van der Waals surface area (Å²) in [4.78, 5) is 22.8. The van der Waals surface area contributed by atoms with Gasteiger partial charge in [-0.2, -0.15) is 0 Å². The molecule has 4 rings (SSSR count). The zero-order chi connectivity index (χ0) is 20.1. The highest BCUT2D eigenvalue weighted by molar-refractivity contribution is 5.84. The predicted molar refractivity (Wildman–Crippen MR) is 110 cm³/mol. The van der Waals surface area contributed by atoms with Gasteiger partial charge in [-0.15, -0.1) is 0 Å². The van der Waals surface area contributed by atoms with Crippen LogP contribution in [0.4, 0.5) is 0 Å². The molecule has 156 valence electrons. The minimum atomic E-state index is -0.390. The third kappa shape index (κ3) is 4.62. The lowest BCUT2D eigenvalue weighted by molar-refractivity contribution is -0.146. The summed E-state index contributed by atoms with van der Waals surface area (Å²) in [6, 6.07) is 8.58. The van der Waals surface area contributed by atoms with Crippen LogP contribution in [0.3, 0.4) is 0 Å². The van der Waals surface area contributed by atoms with E-state index < -0.39 is 5.41 Å². The van der Waals surface area contributed by atoms with E-state index in [1.165, 1.54) is 0 Å². The Bertz CT molecular complexity index is 796. The molecule has 1 aromatic carbocycles. The van der Waals surface area contributed by atoms with Gasteiger partial charge in [0.25, 0.3) is 0 Å². The van der Waals surface area contributed by atoms with E-state index in [0.717, 1.165) is 69.0 Å². The summed E-state index contributed by atoms with van der Waals surface area (Å²) >= 11 is 0. The summed E-state index contributed by atoms with van der Waals surface area (Å²) in [5.74, 6) is 0.973. The number of ether oxygens (including phenoxy) is 2. The van der Waals surface area contributed by atoms with Gasteiger partial charge < -0.3 is 19.8 Å². The Morgan fingerprint density at radius 2 is 2.21 bits per heavy atom. The first-order chi connectivity index (χ1) is 14.2. The number of H-pyrrole nitrogens is 1. The molecular weight excluding hydrogens is 368 g/mol. The minimum Gasteiger partial charge on any atom is -0.497 e. The normalized spacial score (nSPS) is 19.5. The summed E-state index contributed by atoms with van der Waals surface area (Å²) in [6.07, 6.45) is 7.05. The van der Waals surface area contributed by atoms with Crippen LogP contribution < -0.4 is 10.1 Å². The molecule has 2 saturated heterocycles. The van der Waals surface area contributed by atoms with Gasteiger partial charge in [-0.1, -0.05) is 12.1 Å². The van der Waals surface area contributed by atoms with Crippen molar-refractivity contribution in [3.8, 4) is 5.75 Å². The molecule has 0 unspecified atom stereocenters. The lowest BCUT2D eigenvalue weighted by Gasteiger charge is -2.53. The highest BCUT2D eigenvalue weighted by Gasteiger charge is 2.50. The van der Waals surface area contributed by atoms with E-state index in [2.05, 4.69) is 26.3 Å². The van der Waals surface area contributed by atoms with E-state index in [1.807, 2.05) is 18.2 Å². The summed E-state index contributed by atoms with van der Waals surface area (Å²) in [7, 11) is 1.67. The minimum absolute atomic E-state index is 0.142. The van der Waals surface area contributed by atoms with Crippen molar-refractivity contribution in [2.24, 2.45) is 5.41 Å². The largest absolute Gasteiger partial charge is 0.497 e. The van der Waals surface area contributed by atoms with Crippen LogP contribution in [-0.4, -0.2) is 66.8 Å². The number of carbonyl (C=O) groups is 1. The number of aromatic amines is 1. The zero-order valence-electron chi connectivity index (χ0n) is 17.0. The van der Waals surface area contributed by atoms with Gasteiger partial charge in [-0.3, -0.25) is 9.69 Å². The van der Waals surface area contributed by atoms with E-state index in [0.29, 0.717) is 12.6 Å². The number of likely N-dealkylation sites (tertiary alicyclic amines) is 1. The highest BCUT2D eigenvalue weighted by Crippen LogP contribution is 2.38. The van der Waals surface area contributed by atoms with E-state index >= 15 is 0 Å². The van der Waals surface area contributed by atoms with Crippen LogP contribution >= 0.6 is 0 Å². The average molecular weight is 399 g/mol. The molecule has 0 radical (unpaired) electrons. The zero-order valence-corrected chi connectivity index (χ0v) is 17.0. The van der Waals surface area contributed by atoms with Crippen molar-refractivity contribution in [2.45, 2.75) is 31.7 Å². The number of amides is 1. The first-order valence-electron chi connectivity index (χ1n) is 10.4. The van der Waals surface area contributed by atoms with Crippen LogP contribution in [0.2, 0.25) is 0 Å². The molecule has 2 aliphatic heterocycles. The molecule has 0 spiro atoms. The topological polar surface area (TPSA) is 79.5 Å². The van der Waals surface area contributed by atoms with Gasteiger partial charge in [0.1, 0.15) is 5.75 Å². The molecular formula is C22H30N4O3. The first kappa shape index (κ1) is 19.9. The fraction of sp³-hybridized carbons (Fsp3) is 0.545. The van der Waals surface area contributed by atoms with E-state index in [9.17, 15) is 4.79 Å². The Hall–Kier alpha value is -2.38. The number of benzene rings is 1. The first-order valence-corrected chi connectivity index (χ1v) is 10.4. The number of nitrogens with zero attached hydrogens (tertiary/aromatic N) is 2. The molecule has 0 saturated carbocycles. The van der Waals surface area contributed by atoms with E-state index in [4.69, 9.17) is 9.47 Å². The number of rotatable bonds is 8. The molecule has 2 aliphatic rings. The van der Waals surface area contributed by atoms with E-state index in [1.54, 1.807) is 19.6 Å². The van der Waals surface area contributed by atoms with Gasteiger partial charge >= 0.3 is 0 Å². The maximum Gasteiger partial charge on any atom is 0.229 e. The average Bonchev–Trinajstić information content (AvgIpc) is 3.24. The molecule has 0 aliphatic carbocycles. The Kier molecular flexibility index (Phi) is 6.16. The fourth-order valence-electron chi connectivity index (χ4n) is 4.47. The molecule has 29 heavy (non-hydrogen) atoms. The Labute approximate surface area is 171 Å². The number of carbonyl (C=O) groups excluding carboxylic acids is 1. The molecule has 1 aromatic heterocycles. The number of hydrogen-bond donors (Lipinski definition) is 2. The van der Waals surface area contributed by atoms with Crippen LogP contribution in [0, 0.1) is 5.41 Å². The summed E-state index contributed by atoms with van der Waals surface area (Å²) in [5.41, 5.74) is 1.78. The lowest BCUT2D eigenvalue weighted by Crippen LogP contribution is -2.67. The van der Waals surface area contributed by atoms with Crippen molar-refractivity contribution in [3.05, 3.63) is 48.0 Å². The smallest absolute Gasteiger partial charge is 0.229 e. The molecule has 3 heterocycles. The number of hydrogen-bond acceptors (Lipinski definition) is 5. The van der Waals surface area contributed by atoms with Crippen LogP contribution in [-0.2, 0) is 22.4 Å². The van der Waals surface area contributed by atoms with Crippen LogP contribution in [0.25, 0.3) is 0 Å². The second kappa shape index (κ2) is 8.97. The maximum atomic E-state index is 13.2. The number of methoxy groups -OCH3 is 1. The Morgan fingerprint density at radius 3 is 2.93 bits per heavy atom. The monoisotopic (exact) mass is 398 g/mol. The van der Waals surface area contributed by atoms with Gasteiger partial charge in [0.2, 0.25) is 5.91 Å². The van der Waals surface area contributed by atoms with Gasteiger partial charge in [0.15, 0.2) is 0 Å². The molecule has 7 nitrogen and oxygen atoms in total. The molecule has 7 heteroatoms. The molecule has 2 N–H and O–H groups in total. The second-order valence-corrected chi connectivity index (χ2v) is 8.14. The lowest BCUT2D eigenvalue weighted by atomic mass is 9.72. The van der Waals surface area contributed by atoms with Gasteiger partial charge in [-0.25, -0.2) is 4.98 Å². The SMILES string of the molecule is COc1cccc(CC2(C(=O)NCCc3cnc[nH]3)CN(C3CCOCC3)C2)c1. The highest BCUT2D eigenvalue weighted by atomic mass is 16.5.